The van der Waals surface area contributed by atoms with Crippen LogP contribution in [0.1, 0.15) is 18.1 Å². The molecule has 0 spiro atoms. The number of ether oxygens (including phenoxy) is 1. The highest BCUT2D eigenvalue weighted by atomic mass is 16.5. The SMILES string of the molecule is CCOc1c(C)ccc(C)c1N. The molecule has 66 valence electrons. The van der Waals surface area contributed by atoms with Crippen LogP contribution in [0.2, 0.25) is 0 Å². The summed E-state index contributed by atoms with van der Waals surface area (Å²) in [5.74, 6) is 0.831. The molecule has 0 atom stereocenters. The smallest absolute Gasteiger partial charge is 0.145 e. The van der Waals surface area contributed by atoms with E-state index in [1.165, 1.54) is 0 Å². The standard InChI is InChI=1S/C10H15NO/c1-4-12-10-8(3)6-5-7(2)9(10)11/h5-6H,4,11H2,1-3H3. The van der Waals surface area contributed by atoms with E-state index in [0.717, 1.165) is 22.6 Å². The second kappa shape index (κ2) is 3.48. The summed E-state index contributed by atoms with van der Waals surface area (Å²) in [6, 6.07) is 4.03. The maximum Gasteiger partial charge on any atom is 0.145 e. The van der Waals surface area contributed by atoms with Crippen molar-refractivity contribution in [3.63, 3.8) is 0 Å². The first-order valence-electron chi connectivity index (χ1n) is 4.15. The van der Waals surface area contributed by atoms with Crippen LogP contribution in [0.4, 0.5) is 5.69 Å². The lowest BCUT2D eigenvalue weighted by atomic mass is 10.1. The van der Waals surface area contributed by atoms with Crippen molar-refractivity contribution in [1.82, 2.24) is 0 Å². The molecule has 0 radical (unpaired) electrons. The van der Waals surface area contributed by atoms with Crippen molar-refractivity contribution in [3.8, 4) is 5.75 Å². The molecule has 2 heteroatoms. The molecule has 1 aromatic carbocycles. The van der Waals surface area contributed by atoms with Gasteiger partial charge in [0.25, 0.3) is 0 Å². The van der Waals surface area contributed by atoms with Crippen molar-refractivity contribution < 1.29 is 4.74 Å². The summed E-state index contributed by atoms with van der Waals surface area (Å²) in [4.78, 5) is 0. The van der Waals surface area contributed by atoms with Gasteiger partial charge in [-0.15, -0.1) is 0 Å². The molecule has 1 aromatic rings. The summed E-state index contributed by atoms with van der Waals surface area (Å²) in [7, 11) is 0. The molecule has 0 fully saturated rings. The monoisotopic (exact) mass is 165 g/mol. The molecular weight excluding hydrogens is 150 g/mol. The van der Waals surface area contributed by atoms with Gasteiger partial charge in [0.2, 0.25) is 0 Å². The van der Waals surface area contributed by atoms with E-state index in [0.29, 0.717) is 6.61 Å². The fourth-order valence-corrected chi connectivity index (χ4v) is 1.14. The van der Waals surface area contributed by atoms with Gasteiger partial charge in [-0.1, -0.05) is 12.1 Å². The molecular formula is C10H15NO. The van der Waals surface area contributed by atoms with E-state index in [9.17, 15) is 0 Å². The van der Waals surface area contributed by atoms with Crippen LogP contribution in [0.15, 0.2) is 12.1 Å². The topological polar surface area (TPSA) is 35.2 Å². The van der Waals surface area contributed by atoms with Gasteiger partial charge >= 0.3 is 0 Å². The molecule has 0 aliphatic carbocycles. The Hall–Kier alpha value is -1.18. The van der Waals surface area contributed by atoms with Gasteiger partial charge in [-0.2, -0.15) is 0 Å². The lowest BCUT2D eigenvalue weighted by molar-refractivity contribution is 0.339. The minimum atomic E-state index is 0.661. The molecule has 0 unspecified atom stereocenters. The minimum absolute atomic E-state index is 0.661. The Labute approximate surface area is 73.3 Å². The van der Waals surface area contributed by atoms with E-state index in [1.807, 2.05) is 32.9 Å². The average molecular weight is 165 g/mol. The third-order valence-corrected chi connectivity index (χ3v) is 1.90. The summed E-state index contributed by atoms with van der Waals surface area (Å²) in [6.45, 7) is 6.60. The number of anilines is 1. The normalized spacial score (nSPS) is 9.92. The van der Waals surface area contributed by atoms with Gasteiger partial charge in [-0.25, -0.2) is 0 Å². The zero-order valence-electron chi connectivity index (χ0n) is 7.85. The zero-order chi connectivity index (χ0) is 9.14. The summed E-state index contributed by atoms with van der Waals surface area (Å²) < 4.78 is 5.42. The lowest BCUT2D eigenvalue weighted by Gasteiger charge is -2.11. The Morgan fingerprint density at radius 1 is 1.25 bits per heavy atom. The molecule has 0 aromatic heterocycles. The van der Waals surface area contributed by atoms with Gasteiger partial charge in [-0.3, -0.25) is 0 Å². The van der Waals surface area contributed by atoms with Crippen molar-refractivity contribution in [1.29, 1.82) is 0 Å². The van der Waals surface area contributed by atoms with Gasteiger partial charge in [0.15, 0.2) is 0 Å². The summed E-state index contributed by atoms with van der Waals surface area (Å²) in [6.07, 6.45) is 0. The first-order valence-corrected chi connectivity index (χ1v) is 4.15. The first-order chi connectivity index (χ1) is 5.66. The summed E-state index contributed by atoms with van der Waals surface area (Å²) in [5, 5.41) is 0. The fraction of sp³-hybridized carbons (Fsp3) is 0.400. The number of hydrogen-bond donors (Lipinski definition) is 1. The fourth-order valence-electron chi connectivity index (χ4n) is 1.14. The first kappa shape index (κ1) is 8.91. The number of nitrogens with two attached hydrogens (primary N) is 1. The maximum atomic E-state index is 5.84. The molecule has 0 heterocycles. The minimum Gasteiger partial charge on any atom is -0.491 e. The predicted octanol–water partition coefficient (Wildman–Crippen LogP) is 2.28. The van der Waals surface area contributed by atoms with Crippen molar-refractivity contribution in [2.75, 3.05) is 12.3 Å². The average Bonchev–Trinajstić information content (AvgIpc) is 2.06. The maximum absolute atomic E-state index is 5.84. The number of nitrogen functional groups attached to an aromatic ring is 1. The number of aryl methyl sites for hydroxylation is 2. The Morgan fingerprint density at radius 3 is 2.42 bits per heavy atom. The number of rotatable bonds is 2. The molecule has 0 aliphatic heterocycles. The number of hydrogen-bond acceptors (Lipinski definition) is 2. The second-order valence-corrected chi connectivity index (χ2v) is 2.88. The number of benzene rings is 1. The van der Waals surface area contributed by atoms with Gasteiger partial charge < -0.3 is 10.5 Å². The van der Waals surface area contributed by atoms with Crippen LogP contribution in [-0.4, -0.2) is 6.61 Å². The quantitative estimate of drug-likeness (QED) is 0.682. The summed E-state index contributed by atoms with van der Waals surface area (Å²) >= 11 is 0. The largest absolute Gasteiger partial charge is 0.491 e. The Morgan fingerprint density at radius 2 is 1.83 bits per heavy atom. The van der Waals surface area contributed by atoms with Gasteiger partial charge in [0.05, 0.1) is 12.3 Å². The van der Waals surface area contributed by atoms with Crippen LogP contribution in [-0.2, 0) is 0 Å². The van der Waals surface area contributed by atoms with Crippen LogP contribution in [0, 0.1) is 13.8 Å². The Bertz CT molecular complexity index is 281. The molecule has 0 aliphatic rings. The molecule has 12 heavy (non-hydrogen) atoms. The molecule has 0 bridgehead atoms. The molecule has 0 amide bonds. The van der Waals surface area contributed by atoms with Gasteiger partial charge in [0.1, 0.15) is 5.75 Å². The van der Waals surface area contributed by atoms with Gasteiger partial charge in [0, 0.05) is 0 Å². The van der Waals surface area contributed by atoms with E-state index in [4.69, 9.17) is 10.5 Å². The van der Waals surface area contributed by atoms with Crippen LogP contribution >= 0.6 is 0 Å². The highest BCUT2D eigenvalue weighted by Gasteiger charge is 2.05. The van der Waals surface area contributed by atoms with Crippen molar-refractivity contribution in [2.24, 2.45) is 0 Å². The Balaban J connectivity index is 3.14. The van der Waals surface area contributed by atoms with E-state index >= 15 is 0 Å². The zero-order valence-corrected chi connectivity index (χ0v) is 7.85. The van der Waals surface area contributed by atoms with Crippen LogP contribution in [0.5, 0.6) is 5.75 Å². The molecule has 0 saturated heterocycles. The van der Waals surface area contributed by atoms with E-state index in [2.05, 4.69) is 0 Å². The van der Waals surface area contributed by atoms with Gasteiger partial charge in [-0.05, 0) is 31.9 Å². The lowest BCUT2D eigenvalue weighted by Crippen LogP contribution is -2.00. The molecule has 2 N–H and O–H groups in total. The van der Waals surface area contributed by atoms with E-state index in [-0.39, 0.29) is 0 Å². The summed E-state index contributed by atoms with van der Waals surface area (Å²) in [5.41, 5.74) is 8.78. The van der Waals surface area contributed by atoms with Crippen LogP contribution in [0.3, 0.4) is 0 Å². The van der Waals surface area contributed by atoms with Crippen LogP contribution < -0.4 is 10.5 Å². The van der Waals surface area contributed by atoms with E-state index < -0.39 is 0 Å². The van der Waals surface area contributed by atoms with Crippen molar-refractivity contribution in [2.45, 2.75) is 20.8 Å². The Kier molecular flexibility index (Phi) is 2.58. The molecule has 0 saturated carbocycles. The van der Waals surface area contributed by atoms with Crippen molar-refractivity contribution >= 4 is 5.69 Å². The van der Waals surface area contributed by atoms with Crippen molar-refractivity contribution in [3.05, 3.63) is 23.3 Å². The van der Waals surface area contributed by atoms with Crippen LogP contribution in [0.25, 0.3) is 0 Å². The molecule has 2 nitrogen and oxygen atoms in total. The third-order valence-electron chi connectivity index (χ3n) is 1.90. The third kappa shape index (κ3) is 1.52. The van der Waals surface area contributed by atoms with E-state index in [1.54, 1.807) is 0 Å². The highest BCUT2D eigenvalue weighted by molar-refractivity contribution is 5.61. The highest BCUT2D eigenvalue weighted by Crippen LogP contribution is 2.28. The predicted molar refractivity (Wildman–Crippen MR) is 51.5 cm³/mol. The molecule has 1 rings (SSSR count). The second-order valence-electron chi connectivity index (χ2n) is 2.88.